The zero-order valence-electron chi connectivity index (χ0n) is 16.3. The number of aromatic hydroxyl groups is 1. The highest BCUT2D eigenvalue weighted by atomic mass is 19.1. The number of hydrogen-bond donors (Lipinski definition) is 2. The van der Waals surface area contributed by atoms with E-state index < -0.39 is 11.6 Å². The summed E-state index contributed by atoms with van der Waals surface area (Å²) in [5.74, 6) is -0.937. The van der Waals surface area contributed by atoms with Crippen LogP contribution in [0.4, 0.5) is 20.2 Å². The largest absolute Gasteiger partial charge is 0.494 e. The fraction of sp³-hybridized carbons (Fsp3) is 0.130. The molecular weight excluding hydrogens is 386 g/mol. The van der Waals surface area contributed by atoms with Crippen LogP contribution in [0.5, 0.6) is 5.88 Å². The number of benzene rings is 2. The number of anilines is 1. The van der Waals surface area contributed by atoms with Gasteiger partial charge in [-0.25, -0.2) is 8.78 Å². The molecule has 0 fully saturated rings. The SMILES string of the molecule is CN(CCc1ccccn1)c1ccc(N=Cc2c(O)[nH]c3ccc(F)cc23)cc1F. The molecule has 0 atom stereocenters. The zero-order chi connectivity index (χ0) is 21.1. The second kappa shape index (κ2) is 8.32. The maximum absolute atomic E-state index is 14.6. The summed E-state index contributed by atoms with van der Waals surface area (Å²) in [5, 5.41) is 10.6. The summed E-state index contributed by atoms with van der Waals surface area (Å²) < 4.78 is 28.2. The van der Waals surface area contributed by atoms with Gasteiger partial charge in [-0.1, -0.05) is 6.07 Å². The van der Waals surface area contributed by atoms with Crippen LogP contribution in [0.25, 0.3) is 10.9 Å². The molecule has 0 unspecified atom stereocenters. The van der Waals surface area contributed by atoms with Gasteiger partial charge in [0.05, 0.1) is 16.9 Å². The minimum atomic E-state index is -0.416. The smallest absolute Gasteiger partial charge is 0.198 e. The summed E-state index contributed by atoms with van der Waals surface area (Å²) in [7, 11) is 1.82. The summed E-state index contributed by atoms with van der Waals surface area (Å²) in [6, 6.07) is 14.6. The van der Waals surface area contributed by atoms with Crippen LogP contribution in [0.2, 0.25) is 0 Å². The Kier molecular flexibility index (Phi) is 5.43. The van der Waals surface area contributed by atoms with Crippen molar-refractivity contribution in [2.75, 3.05) is 18.5 Å². The summed E-state index contributed by atoms with van der Waals surface area (Å²) in [6.07, 6.45) is 3.84. The number of nitrogens with one attached hydrogen (secondary N) is 1. The molecule has 152 valence electrons. The van der Waals surface area contributed by atoms with Crippen LogP contribution >= 0.6 is 0 Å². The van der Waals surface area contributed by atoms with Crippen LogP contribution in [0, 0.1) is 11.6 Å². The standard InChI is InChI=1S/C23H20F2N4O/c1-29(11-9-16-4-2-3-10-26-16)22-8-6-17(13-20(22)25)27-14-19-18-12-15(24)5-7-21(18)28-23(19)30/h2-8,10,12-14,28,30H,9,11H2,1H3. The van der Waals surface area contributed by atoms with E-state index in [4.69, 9.17) is 0 Å². The fourth-order valence-electron chi connectivity index (χ4n) is 3.27. The van der Waals surface area contributed by atoms with Gasteiger partial charge in [0.25, 0.3) is 0 Å². The summed E-state index contributed by atoms with van der Waals surface area (Å²) in [4.78, 5) is 13.1. The first-order chi connectivity index (χ1) is 14.5. The number of likely N-dealkylation sites (N-methyl/N-ethyl adjacent to an activating group) is 1. The highest BCUT2D eigenvalue weighted by Crippen LogP contribution is 2.28. The number of rotatable bonds is 6. The monoisotopic (exact) mass is 406 g/mol. The number of aliphatic imine (C=N–C) groups is 1. The van der Waals surface area contributed by atoms with Crippen molar-refractivity contribution in [2.45, 2.75) is 6.42 Å². The third-order valence-electron chi connectivity index (χ3n) is 4.89. The maximum atomic E-state index is 14.6. The molecule has 5 nitrogen and oxygen atoms in total. The molecule has 30 heavy (non-hydrogen) atoms. The van der Waals surface area contributed by atoms with E-state index in [0.29, 0.717) is 40.8 Å². The number of hydrogen-bond acceptors (Lipinski definition) is 4. The molecule has 0 spiro atoms. The predicted molar refractivity (Wildman–Crippen MR) is 115 cm³/mol. The van der Waals surface area contributed by atoms with Gasteiger partial charge in [-0.05, 0) is 42.5 Å². The highest BCUT2D eigenvalue weighted by molar-refractivity contribution is 6.02. The Hall–Kier alpha value is -3.74. The first-order valence-corrected chi connectivity index (χ1v) is 9.46. The number of H-pyrrole nitrogens is 1. The van der Waals surface area contributed by atoms with Gasteiger partial charge in [-0.3, -0.25) is 9.98 Å². The van der Waals surface area contributed by atoms with Gasteiger partial charge >= 0.3 is 0 Å². The molecule has 0 radical (unpaired) electrons. The van der Waals surface area contributed by atoms with E-state index in [2.05, 4.69) is 15.0 Å². The van der Waals surface area contributed by atoms with Crippen molar-refractivity contribution in [3.05, 3.63) is 83.7 Å². The Morgan fingerprint density at radius 3 is 2.77 bits per heavy atom. The number of halogens is 2. The van der Waals surface area contributed by atoms with Crippen LogP contribution in [0.15, 0.2) is 65.8 Å². The molecule has 2 aromatic heterocycles. The van der Waals surface area contributed by atoms with Crippen molar-refractivity contribution in [2.24, 2.45) is 4.99 Å². The number of nitrogens with zero attached hydrogens (tertiary/aromatic N) is 3. The Morgan fingerprint density at radius 1 is 1.13 bits per heavy atom. The van der Waals surface area contributed by atoms with E-state index in [0.717, 1.165) is 5.69 Å². The fourth-order valence-corrected chi connectivity index (χ4v) is 3.27. The molecule has 4 aromatic rings. The van der Waals surface area contributed by atoms with Crippen LogP contribution in [0.1, 0.15) is 11.3 Å². The first kappa shape index (κ1) is 19.6. The quantitative estimate of drug-likeness (QED) is 0.444. The third-order valence-corrected chi connectivity index (χ3v) is 4.89. The van der Waals surface area contributed by atoms with E-state index in [-0.39, 0.29) is 5.88 Å². The third kappa shape index (κ3) is 4.15. The molecule has 2 aromatic carbocycles. The van der Waals surface area contributed by atoms with E-state index >= 15 is 0 Å². The molecule has 2 N–H and O–H groups in total. The Balaban J connectivity index is 1.51. The number of pyridine rings is 1. The predicted octanol–water partition coefficient (Wildman–Crippen LogP) is 4.98. The molecule has 2 heterocycles. The first-order valence-electron chi connectivity index (χ1n) is 9.46. The lowest BCUT2D eigenvalue weighted by molar-refractivity contribution is 0.457. The molecule has 7 heteroatoms. The van der Waals surface area contributed by atoms with Crippen molar-refractivity contribution in [3.8, 4) is 5.88 Å². The average Bonchev–Trinajstić information content (AvgIpc) is 3.05. The summed E-state index contributed by atoms with van der Waals surface area (Å²) in [5.41, 5.74) is 2.73. The number of aromatic amines is 1. The topological polar surface area (TPSA) is 64.5 Å². The molecule has 0 aliphatic rings. The molecule has 0 amide bonds. The van der Waals surface area contributed by atoms with Crippen molar-refractivity contribution >= 4 is 28.5 Å². The van der Waals surface area contributed by atoms with Crippen LogP contribution in [0.3, 0.4) is 0 Å². The van der Waals surface area contributed by atoms with Crippen molar-refractivity contribution in [3.63, 3.8) is 0 Å². The Labute approximate surface area is 172 Å². The van der Waals surface area contributed by atoms with Crippen LogP contribution < -0.4 is 4.90 Å². The Bertz CT molecular complexity index is 1200. The molecule has 0 aliphatic heterocycles. The average molecular weight is 406 g/mol. The van der Waals surface area contributed by atoms with E-state index in [1.807, 2.05) is 30.1 Å². The van der Waals surface area contributed by atoms with Gasteiger partial charge in [0, 0.05) is 55.1 Å². The van der Waals surface area contributed by atoms with Crippen molar-refractivity contribution in [1.82, 2.24) is 9.97 Å². The van der Waals surface area contributed by atoms with Crippen molar-refractivity contribution in [1.29, 1.82) is 0 Å². The van der Waals surface area contributed by atoms with Crippen LogP contribution in [-0.4, -0.2) is 34.9 Å². The van der Waals surface area contributed by atoms with Gasteiger partial charge in [0.1, 0.15) is 11.6 Å². The van der Waals surface area contributed by atoms with Gasteiger partial charge < -0.3 is 15.0 Å². The van der Waals surface area contributed by atoms with Gasteiger partial charge in [-0.2, -0.15) is 0 Å². The summed E-state index contributed by atoms with van der Waals surface area (Å²) in [6.45, 7) is 0.616. The normalized spacial score (nSPS) is 11.4. The van der Waals surface area contributed by atoms with Gasteiger partial charge in [-0.15, -0.1) is 0 Å². The van der Waals surface area contributed by atoms with E-state index in [1.54, 1.807) is 18.3 Å². The molecular formula is C23H20F2N4O. The zero-order valence-corrected chi connectivity index (χ0v) is 16.3. The lowest BCUT2D eigenvalue weighted by Gasteiger charge is -2.19. The minimum absolute atomic E-state index is 0.120. The molecule has 0 saturated heterocycles. The van der Waals surface area contributed by atoms with Gasteiger partial charge in [0.15, 0.2) is 5.88 Å². The molecule has 0 bridgehead atoms. The molecule has 0 saturated carbocycles. The minimum Gasteiger partial charge on any atom is -0.494 e. The van der Waals surface area contributed by atoms with E-state index in [9.17, 15) is 13.9 Å². The lowest BCUT2D eigenvalue weighted by Crippen LogP contribution is -2.21. The highest BCUT2D eigenvalue weighted by Gasteiger charge is 2.11. The van der Waals surface area contributed by atoms with E-state index in [1.165, 1.54) is 30.5 Å². The lowest BCUT2D eigenvalue weighted by atomic mass is 10.2. The second-order valence-electron chi connectivity index (χ2n) is 6.96. The molecule has 0 aliphatic carbocycles. The Morgan fingerprint density at radius 2 is 2.00 bits per heavy atom. The summed E-state index contributed by atoms with van der Waals surface area (Å²) >= 11 is 0. The van der Waals surface area contributed by atoms with Crippen LogP contribution in [-0.2, 0) is 6.42 Å². The molecule has 4 rings (SSSR count). The van der Waals surface area contributed by atoms with Gasteiger partial charge in [0.2, 0.25) is 0 Å². The number of fused-ring (bicyclic) bond motifs is 1. The number of aromatic nitrogens is 2. The van der Waals surface area contributed by atoms with Crippen molar-refractivity contribution < 1.29 is 13.9 Å². The second-order valence-corrected chi connectivity index (χ2v) is 6.96. The maximum Gasteiger partial charge on any atom is 0.198 e.